The number of amides is 4. The Morgan fingerprint density at radius 1 is 0.822 bits per heavy atom. The van der Waals surface area contributed by atoms with Gasteiger partial charge in [-0.15, -0.1) is 0 Å². The monoisotopic (exact) mass is 612 g/mol. The van der Waals surface area contributed by atoms with Gasteiger partial charge in [-0.05, 0) is 53.9 Å². The summed E-state index contributed by atoms with van der Waals surface area (Å²) in [5.74, 6) is -1.44. The van der Waals surface area contributed by atoms with E-state index in [9.17, 15) is 29.1 Å². The maximum absolute atomic E-state index is 13.2. The van der Waals surface area contributed by atoms with Gasteiger partial charge < -0.3 is 29.9 Å². The fraction of sp³-hybridized carbons (Fsp3) is 0.324. The van der Waals surface area contributed by atoms with Gasteiger partial charge in [-0.3, -0.25) is 19.2 Å². The molecule has 2 atom stereocenters. The van der Waals surface area contributed by atoms with Crippen LogP contribution >= 0.6 is 0 Å². The average molecular weight is 613 g/mol. The molecular weight excluding hydrogens is 576 g/mol. The average Bonchev–Trinajstić information content (AvgIpc) is 3.44. The van der Waals surface area contributed by atoms with Crippen molar-refractivity contribution in [1.29, 1.82) is 0 Å². The van der Waals surface area contributed by atoms with Crippen LogP contribution in [-0.4, -0.2) is 94.8 Å². The topological polar surface area (TPSA) is 137 Å². The molecule has 0 unspecified atom stereocenters. The maximum Gasteiger partial charge on any atom is 0.326 e. The molecule has 0 aromatic heterocycles. The van der Waals surface area contributed by atoms with Crippen molar-refractivity contribution in [3.8, 4) is 5.75 Å². The van der Waals surface area contributed by atoms with Gasteiger partial charge in [0.25, 0.3) is 11.8 Å². The highest BCUT2D eigenvalue weighted by atomic mass is 16.5. The third-order valence-electron chi connectivity index (χ3n) is 8.27. The fourth-order valence-electron chi connectivity index (χ4n) is 5.68. The first kappa shape index (κ1) is 31.2. The standard InChI is InChI=1S/C34H36N4O7/c1-45-27-13-11-26(12-14-27)33(42)37-19-17-36(18-20-37)32(41)25-9-7-23(8-10-25)21-28(34(43)44)35-31(40)29-15-16-30(39)38(29)22-24-5-3-2-4-6-24/h2-14,28-29H,15-22H2,1H3,(H,35,40)(H,43,44)/t28-,29-/m0/s1. The van der Waals surface area contributed by atoms with Gasteiger partial charge in [0, 0.05) is 56.7 Å². The second-order valence-electron chi connectivity index (χ2n) is 11.2. The lowest BCUT2D eigenvalue weighted by Crippen LogP contribution is -2.50. The van der Waals surface area contributed by atoms with E-state index in [0.717, 1.165) is 5.56 Å². The number of carbonyl (C=O) groups excluding carboxylic acids is 4. The van der Waals surface area contributed by atoms with Crippen molar-refractivity contribution in [1.82, 2.24) is 20.0 Å². The molecule has 0 spiro atoms. The van der Waals surface area contributed by atoms with E-state index in [1.54, 1.807) is 65.4 Å². The summed E-state index contributed by atoms with van der Waals surface area (Å²) >= 11 is 0. The predicted octanol–water partition coefficient (Wildman–Crippen LogP) is 2.60. The molecule has 45 heavy (non-hydrogen) atoms. The summed E-state index contributed by atoms with van der Waals surface area (Å²) < 4.78 is 5.15. The van der Waals surface area contributed by atoms with E-state index in [1.807, 2.05) is 30.3 Å². The number of ether oxygens (including phenoxy) is 1. The molecule has 0 radical (unpaired) electrons. The predicted molar refractivity (Wildman–Crippen MR) is 165 cm³/mol. The van der Waals surface area contributed by atoms with Crippen LogP contribution in [0.1, 0.15) is 44.7 Å². The summed E-state index contributed by atoms with van der Waals surface area (Å²) in [7, 11) is 1.57. The number of nitrogens with zero attached hydrogens (tertiary/aromatic N) is 3. The van der Waals surface area contributed by atoms with Crippen molar-refractivity contribution in [2.45, 2.75) is 37.9 Å². The molecule has 2 aliphatic rings. The minimum Gasteiger partial charge on any atom is -0.497 e. The first-order chi connectivity index (χ1) is 21.7. The Bertz CT molecular complexity index is 1530. The molecule has 2 saturated heterocycles. The van der Waals surface area contributed by atoms with Crippen LogP contribution in [0.5, 0.6) is 5.75 Å². The number of hydrogen-bond acceptors (Lipinski definition) is 6. The lowest BCUT2D eigenvalue weighted by atomic mass is 10.0. The molecule has 0 aliphatic carbocycles. The van der Waals surface area contributed by atoms with Crippen molar-refractivity contribution in [2.75, 3.05) is 33.3 Å². The highest BCUT2D eigenvalue weighted by Crippen LogP contribution is 2.22. The Hall–Kier alpha value is -5.19. The number of benzene rings is 3. The second kappa shape index (κ2) is 14.1. The molecule has 3 aromatic carbocycles. The van der Waals surface area contributed by atoms with Crippen LogP contribution in [0.25, 0.3) is 0 Å². The van der Waals surface area contributed by atoms with Crippen LogP contribution in [0, 0.1) is 0 Å². The van der Waals surface area contributed by atoms with Crippen molar-refractivity contribution in [3.05, 3.63) is 101 Å². The first-order valence-electron chi connectivity index (χ1n) is 14.9. The van der Waals surface area contributed by atoms with Crippen LogP contribution in [0.4, 0.5) is 0 Å². The van der Waals surface area contributed by atoms with E-state index in [2.05, 4.69) is 5.32 Å². The molecule has 2 aliphatic heterocycles. The second-order valence-corrected chi connectivity index (χ2v) is 11.2. The number of carboxylic acids is 1. The Labute approximate surface area is 261 Å². The highest BCUT2D eigenvalue weighted by molar-refractivity contribution is 5.96. The van der Waals surface area contributed by atoms with Gasteiger partial charge in [0.15, 0.2) is 0 Å². The largest absolute Gasteiger partial charge is 0.497 e. The summed E-state index contributed by atoms with van der Waals surface area (Å²) in [6.45, 7) is 1.87. The van der Waals surface area contributed by atoms with Gasteiger partial charge in [0.2, 0.25) is 11.8 Å². The Balaban J connectivity index is 1.14. The Morgan fingerprint density at radius 3 is 1.91 bits per heavy atom. The number of carbonyl (C=O) groups is 5. The van der Waals surface area contributed by atoms with Gasteiger partial charge in [-0.25, -0.2) is 4.79 Å². The van der Waals surface area contributed by atoms with E-state index in [-0.39, 0.29) is 37.1 Å². The van der Waals surface area contributed by atoms with Gasteiger partial charge in [0.05, 0.1) is 7.11 Å². The fourth-order valence-corrected chi connectivity index (χ4v) is 5.68. The van der Waals surface area contributed by atoms with E-state index in [4.69, 9.17) is 4.74 Å². The molecule has 2 fully saturated rings. The molecule has 11 nitrogen and oxygen atoms in total. The van der Waals surface area contributed by atoms with Crippen LogP contribution in [0.15, 0.2) is 78.9 Å². The smallest absolute Gasteiger partial charge is 0.326 e. The summed E-state index contributed by atoms with van der Waals surface area (Å²) in [5.41, 5.74) is 2.53. The minimum absolute atomic E-state index is 0.0149. The van der Waals surface area contributed by atoms with Crippen molar-refractivity contribution >= 4 is 29.6 Å². The third-order valence-corrected chi connectivity index (χ3v) is 8.27. The molecule has 234 valence electrons. The zero-order valence-corrected chi connectivity index (χ0v) is 25.1. The van der Waals surface area contributed by atoms with Gasteiger partial charge in [0.1, 0.15) is 17.8 Å². The summed E-state index contributed by atoms with van der Waals surface area (Å²) in [6, 6.07) is 21.0. The zero-order chi connectivity index (χ0) is 31.9. The van der Waals surface area contributed by atoms with Crippen LogP contribution < -0.4 is 10.1 Å². The molecular formula is C34H36N4O7. The maximum atomic E-state index is 13.2. The highest BCUT2D eigenvalue weighted by Gasteiger charge is 2.37. The number of methoxy groups -OCH3 is 1. The molecule has 3 aromatic rings. The number of carboxylic acid groups (broad SMARTS) is 1. The zero-order valence-electron chi connectivity index (χ0n) is 25.1. The molecule has 2 heterocycles. The Morgan fingerprint density at radius 2 is 1.38 bits per heavy atom. The summed E-state index contributed by atoms with van der Waals surface area (Å²) in [6.07, 6.45) is 0.567. The lowest BCUT2D eigenvalue weighted by Gasteiger charge is -2.35. The summed E-state index contributed by atoms with van der Waals surface area (Å²) in [4.78, 5) is 68.7. The number of rotatable bonds is 10. The summed E-state index contributed by atoms with van der Waals surface area (Å²) in [5, 5.41) is 12.5. The third kappa shape index (κ3) is 7.49. The van der Waals surface area contributed by atoms with Crippen molar-refractivity contribution in [2.24, 2.45) is 0 Å². The van der Waals surface area contributed by atoms with Gasteiger partial charge >= 0.3 is 5.97 Å². The van der Waals surface area contributed by atoms with E-state index in [0.29, 0.717) is 55.0 Å². The van der Waals surface area contributed by atoms with Crippen LogP contribution in [0.2, 0.25) is 0 Å². The SMILES string of the molecule is COc1ccc(C(=O)N2CCN(C(=O)c3ccc(C[C@H](NC(=O)[C@@H]4CCC(=O)N4Cc4ccccc4)C(=O)O)cc3)CC2)cc1. The first-order valence-corrected chi connectivity index (χ1v) is 14.9. The lowest BCUT2D eigenvalue weighted by molar-refractivity contribution is -0.143. The molecule has 4 amide bonds. The molecule has 0 bridgehead atoms. The van der Waals surface area contributed by atoms with Crippen molar-refractivity contribution in [3.63, 3.8) is 0 Å². The Kier molecular flexibility index (Phi) is 9.76. The quantitative estimate of drug-likeness (QED) is 0.359. The molecule has 0 saturated carbocycles. The number of nitrogens with one attached hydrogen (secondary N) is 1. The minimum atomic E-state index is -1.20. The number of piperazine rings is 1. The number of likely N-dealkylation sites (tertiary alicyclic amines) is 1. The van der Waals surface area contributed by atoms with E-state index >= 15 is 0 Å². The number of aliphatic carboxylic acids is 1. The van der Waals surface area contributed by atoms with Gasteiger partial charge in [-0.1, -0.05) is 42.5 Å². The molecule has 5 rings (SSSR count). The number of hydrogen-bond donors (Lipinski definition) is 2. The molecule has 2 N–H and O–H groups in total. The normalized spacial score (nSPS) is 17.1. The molecule has 11 heteroatoms. The van der Waals surface area contributed by atoms with Gasteiger partial charge in [-0.2, -0.15) is 0 Å². The van der Waals surface area contributed by atoms with E-state index < -0.39 is 24.0 Å². The van der Waals surface area contributed by atoms with E-state index in [1.165, 1.54) is 4.90 Å². The van der Waals surface area contributed by atoms with Crippen LogP contribution in [0.3, 0.4) is 0 Å². The van der Waals surface area contributed by atoms with Crippen molar-refractivity contribution < 1.29 is 33.8 Å². The van der Waals surface area contributed by atoms with Crippen LogP contribution in [-0.2, 0) is 27.3 Å².